The number of nitrogens with zero attached hydrogens (tertiary/aromatic N) is 4. The highest BCUT2D eigenvalue weighted by molar-refractivity contribution is 7.18. The van der Waals surface area contributed by atoms with Crippen LogP contribution in [0.4, 0.5) is 11.8 Å². The van der Waals surface area contributed by atoms with E-state index < -0.39 is 0 Å². The van der Waals surface area contributed by atoms with Crippen molar-refractivity contribution in [3.05, 3.63) is 10.9 Å². The van der Waals surface area contributed by atoms with Crippen LogP contribution in [0.1, 0.15) is 11.8 Å². The minimum absolute atomic E-state index is 0.0174. The lowest BCUT2D eigenvalue weighted by molar-refractivity contribution is -0.127. The fourth-order valence-electron chi connectivity index (χ4n) is 1.86. The number of aryl methyl sites for hydroxylation is 1. The van der Waals surface area contributed by atoms with Crippen molar-refractivity contribution in [2.75, 3.05) is 38.3 Å². The second-order valence-corrected chi connectivity index (χ2v) is 5.95. The highest BCUT2D eigenvalue weighted by Gasteiger charge is 2.16. The quantitative estimate of drug-likeness (QED) is 0.921. The van der Waals surface area contributed by atoms with Crippen LogP contribution >= 0.6 is 11.3 Å². The van der Waals surface area contributed by atoms with Crippen molar-refractivity contribution in [2.24, 2.45) is 0 Å². The Morgan fingerprint density at radius 1 is 1.35 bits per heavy atom. The Kier molecular flexibility index (Phi) is 4.08. The van der Waals surface area contributed by atoms with E-state index in [0.717, 1.165) is 16.6 Å². The fraction of sp³-hybridized carbons (Fsp3) is 0.462. The van der Waals surface area contributed by atoms with E-state index in [-0.39, 0.29) is 18.4 Å². The molecule has 0 aliphatic carbocycles. The minimum Gasteiger partial charge on any atom is -0.368 e. The molecule has 2 rings (SSSR count). The Labute approximate surface area is 122 Å². The van der Waals surface area contributed by atoms with Crippen LogP contribution in [0.3, 0.4) is 0 Å². The normalized spacial score (nSPS) is 10.8. The Balaban J connectivity index is 2.41. The van der Waals surface area contributed by atoms with E-state index in [0.29, 0.717) is 5.82 Å². The lowest BCUT2D eigenvalue weighted by Crippen LogP contribution is -2.34. The number of thiophene rings is 1. The highest BCUT2D eigenvalue weighted by atomic mass is 32.1. The average Bonchev–Trinajstić information content (AvgIpc) is 2.80. The maximum Gasteiger partial charge on any atom is 0.241 e. The van der Waals surface area contributed by atoms with Gasteiger partial charge >= 0.3 is 0 Å². The van der Waals surface area contributed by atoms with Crippen molar-refractivity contribution in [1.82, 2.24) is 14.9 Å². The summed E-state index contributed by atoms with van der Waals surface area (Å²) in [5.41, 5.74) is 5.77. The molecule has 2 N–H and O–H groups in total. The van der Waals surface area contributed by atoms with E-state index in [1.165, 1.54) is 4.88 Å². The number of likely N-dealkylation sites (N-methyl/N-ethyl adjacent to an activating group) is 2. The highest BCUT2D eigenvalue weighted by Crippen LogP contribution is 2.31. The molecule has 2 heterocycles. The molecular weight excluding hydrogens is 274 g/mol. The number of carbonyl (C=O) groups is 1. The van der Waals surface area contributed by atoms with Gasteiger partial charge < -0.3 is 15.5 Å². The Morgan fingerprint density at radius 2 is 2.05 bits per heavy atom. The number of nitrogen functional groups attached to an aromatic ring is 1. The SMILES string of the molecule is CCc1cc2c(N(C)CC(=O)N(C)C)nc(N)nc2s1. The molecule has 0 spiro atoms. The first-order valence-electron chi connectivity index (χ1n) is 6.39. The molecule has 7 heteroatoms. The van der Waals surface area contributed by atoms with E-state index in [2.05, 4.69) is 23.0 Å². The van der Waals surface area contributed by atoms with Crippen molar-refractivity contribution >= 4 is 39.2 Å². The number of rotatable bonds is 4. The number of anilines is 2. The summed E-state index contributed by atoms with van der Waals surface area (Å²) in [5, 5.41) is 0.954. The molecule has 2 aromatic heterocycles. The van der Waals surface area contributed by atoms with Gasteiger partial charge in [-0.05, 0) is 12.5 Å². The van der Waals surface area contributed by atoms with Gasteiger partial charge in [0.15, 0.2) is 0 Å². The molecule has 2 aromatic rings. The smallest absolute Gasteiger partial charge is 0.241 e. The monoisotopic (exact) mass is 293 g/mol. The third-order valence-electron chi connectivity index (χ3n) is 3.02. The van der Waals surface area contributed by atoms with Crippen molar-refractivity contribution in [3.63, 3.8) is 0 Å². The maximum atomic E-state index is 11.8. The Bertz CT molecular complexity index is 637. The first kappa shape index (κ1) is 14.5. The molecule has 0 aromatic carbocycles. The molecule has 0 unspecified atom stereocenters. The van der Waals surface area contributed by atoms with Crippen molar-refractivity contribution in [2.45, 2.75) is 13.3 Å². The lowest BCUT2D eigenvalue weighted by Gasteiger charge is -2.20. The Hall–Kier alpha value is -1.89. The van der Waals surface area contributed by atoms with Crippen LogP contribution in [-0.4, -0.2) is 48.5 Å². The number of aromatic nitrogens is 2. The summed E-state index contributed by atoms with van der Waals surface area (Å²) in [5.74, 6) is 0.962. The molecule has 108 valence electrons. The van der Waals surface area contributed by atoms with Crippen LogP contribution in [0.2, 0.25) is 0 Å². The van der Waals surface area contributed by atoms with Gasteiger partial charge in [-0.1, -0.05) is 6.92 Å². The van der Waals surface area contributed by atoms with Crippen LogP contribution in [0.5, 0.6) is 0 Å². The van der Waals surface area contributed by atoms with E-state index in [1.807, 2.05) is 11.9 Å². The molecule has 0 fully saturated rings. The number of hydrogen-bond donors (Lipinski definition) is 1. The van der Waals surface area contributed by atoms with Gasteiger partial charge in [-0.3, -0.25) is 4.79 Å². The molecule has 0 bridgehead atoms. The van der Waals surface area contributed by atoms with Crippen LogP contribution < -0.4 is 10.6 Å². The van der Waals surface area contributed by atoms with E-state index in [9.17, 15) is 4.79 Å². The molecule has 6 nitrogen and oxygen atoms in total. The first-order chi connectivity index (χ1) is 9.42. The summed E-state index contributed by atoms with van der Waals surface area (Å²) >= 11 is 1.62. The summed E-state index contributed by atoms with van der Waals surface area (Å²) in [7, 11) is 5.31. The number of nitrogens with two attached hydrogens (primary N) is 1. The first-order valence-corrected chi connectivity index (χ1v) is 7.21. The van der Waals surface area contributed by atoms with E-state index in [1.54, 1.807) is 30.3 Å². The summed E-state index contributed by atoms with van der Waals surface area (Å²) in [6, 6.07) is 2.07. The summed E-state index contributed by atoms with van der Waals surface area (Å²) in [6.45, 7) is 2.36. The Morgan fingerprint density at radius 3 is 2.65 bits per heavy atom. The molecule has 0 saturated heterocycles. The fourth-order valence-corrected chi connectivity index (χ4v) is 2.83. The van der Waals surface area contributed by atoms with Crippen molar-refractivity contribution < 1.29 is 4.79 Å². The van der Waals surface area contributed by atoms with Gasteiger partial charge in [0.25, 0.3) is 0 Å². The minimum atomic E-state index is 0.0174. The van der Waals surface area contributed by atoms with Gasteiger partial charge in [-0.25, -0.2) is 4.98 Å². The molecule has 0 radical (unpaired) electrons. The third kappa shape index (κ3) is 2.82. The number of carbonyl (C=O) groups excluding carboxylic acids is 1. The number of hydrogen-bond acceptors (Lipinski definition) is 6. The molecular formula is C13H19N5OS. The second-order valence-electron chi connectivity index (χ2n) is 4.83. The number of amides is 1. The van der Waals surface area contributed by atoms with Gasteiger partial charge in [0, 0.05) is 26.0 Å². The molecule has 20 heavy (non-hydrogen) atoms. The molecule has 0 aliphatic rings. The molecule has 0 aliphatic heterocycles. The lowest BCUT2D eigenvalue weighted by atomic mass is 10.3. The zero-order chi connectivity index (χ0) is 14.9. The van der Waals surface area contributed by atoms with Gasteiger partial charge in [-0.2, -0.15) is 4.98 Å². The van der Waals surface area contributed by atoms with Crippen molar-refractivity contribution in [1.29, 1.82) is 0 Å². The number of fused-ring (bicyclic) bond motifs is 1. The zero-order valence-corrected chi connectivity index (χ0v) is 13.0. The molecule has 1 amide bonds. The average molecular weight is 293 g/mol. The summed E-state index contributed by atoms with van der Waals surface area (Å²) in [4.78, 5) is 25.8. The van der Waals surface area contributed by atoms with Gasteiger partial charge in [0.1, 0.15) is 10.6 Å². The van der Waals surface area contributed by atoms with E-state index >= 15 is 0 Å². The van der Waals surface area contributed by atoms with Gasteiger partial charge in [-0.15, -0.1) is 11.3 Å². The summed E-state index contributed by atoms with van der Waals surface area (Å²) in [6.07, 6.45) is 0.945. The maximum absolute atomic E-state index is 11.8. The van der Waals surface area contributed by atoms with Crippen LogP contribution in [0.25, 0.3) is 10.2 Å². The predicted molar refractivity (Wildman–Crippen MR) is 83.2 cm³/mol. The third-order valence-corrected chi connectivity index (χ3v) is 4.20. The van der Waals surface area contributed by atoms with Crippen LogP contribution in [0, 0.1) is 0 Å². The topological polar surface area (TPSA) is 75.4 Å². The largest absolute Gasteiger partial charge is 0.368 e. The van der Waals surface area contributed by atoms with Crippen LogP contribution in [0.15, 0.2) is 6.07 Å². The molecule has 0 atom stereocenters. The predicted octanol–water partition coefficient (Wildman–Crippen LogP) is 1.36. The van der Waals surface area contributed by atoms with E-state index in [4.69, 9.17) is 5.73 Å². The van der Waals surface area contributed by atoms with Gasteiger partial charge in [0.2, 0.25) is 11.9 Å². The van der Waals surface area contributed by atoms with Gasteiger partial charge in [0.05, 0.1) is 11.9 Å². The van der Waals surface area contributed by atoms with Crippen molar-refractivity contribution in [3.8, 4) is 0 Å². The zero-order valence-electron chi connectivity index (χ0n) is 12.2. The second kappa shape index (κ2) is 5.62. The molecule has 0 saturated carbocycles. The summed E-state index contributed by atoms with van der Waals surface area (Å²) < 4.78 is 0. The van der Waals surface area contributed by atoms with Crippen LogP contribution in [-0.2, 0) is 11.2 Å². The standard InChI is InChI=1S/C13H19N5OS/c1-5-8-6-9-11(15-13(14)16-12(9)20-8)18(4)7-10(19)17(2)3/h6H,5,7H2,1-4H3,(H2,14,15,16).